The van der Waals surface area contributed by atoms with Gasteiger partial charge in [0, 0.05) is 19.6 Å². The molecule has 1 aromatic carbocycles. The highest BCUT2D eigenvalue weighted by Gasteiger charge is 2.37. The number of carbonyl (C=O) groups is 3. The zero-order valence-corrected chi connectivity index (χ0v) is 21.1. The normalized spacial score (nSPS) is 16.0. The third-order valence-corrected chi connectivity index (χ3v) is 5.42. The smallest absolute Gasteiger partial charge is 0.243 e. The third kappa shape index (κ3) is 10.7. The van der Waals surface area contributed by atoms with Gasteiger partial charge in [0.25, 0.3) is 0 Å². The summed E-state index contributed by atoms with van der Waals surface area (Å²) in [5.74, 6) is -0.584. The van der Waals surface area contributed by atoms with Crippen LogP contribution in [0.2, 0.25) is 0 Å². The number of hydrogen-bond acceptors (Lipinski definition) is 5. The maximum atomic E-state index is 13.3. The highest BCUT2D eigenvalue weighted by molar-refractivity contribution is 5.90. The summed E-state index contributed by atoms with van der Waals surface area (Å²) in [5.41, 5.74) is 11.7. The van der Waals surface area contributed by atoms with Gasteiger partial charge in [-0.1, -0.05) is 30.3 Å². The second-order valence-corrected chi connectivity index (χ2v) is 7.83. The van der Waals surface area contributed by atoms with Gasteiger partial charge in [0.15, 0.2) is 5.96 Å². The summed E-state index contributed by atoms with van der Waals surface area (Å²) in [6.07, 6.45) is 3.67. The Bertz CT molecular complexity index is 765. The summed E-state index contributed by atoms with van der Waals surface area (Å²) in [6, 6.07) is 8.67. The molecule has 1 fully saturated rings. The fourth-order valence-electron chi connectivity index (χ4n) is 3.90. The van der Waals surface area contributed by atoms with E-state index in [1.807, 2.05) is 37.4 Å². The highest BCUT2D eigenvalue weighted by atomic mass is 35.5. The van der Waals surface area contributed by atoms with Gasteiger partial charge >= 0.3 is 0 Å². The molecular formula is C22H38Cl2N6O4. The largest absolute Gasteiger partial charge is 0.412 e. The molecule has 0 saturated carbocycles. The van der Waals surface area contributed by atoms with Crippen molar-refractivity contribution in [3.8, 4) is 0 Å². The van der Waals surface area contributed by atoms with Crippen molar-refractivity contribution in [1.82, 2.24) is 15.5 Å². The van der Waals surface area contributed by atoms with E-state index in [2.05, 4.69) is 15.6 Å². The first kappa shape index (κ1) is 33.8. The molecule has 1 aliphatic rings. The third-order valence-electron chi connectivity index (χ3n) is 5.42. The van der Waals surface area contributed by atoms with Crippen LogP contribution in [0.3, 0.4) is 0 Å². The van der Waals surface area contributed by atoms with E-state index >= 15 is 0 Å². The van der Waals surface area contributed by atoms with Crippen LogP contribution in [0, 0.1) is 5.92 Å². The van der Waals surface area contributed by atoms with Gasteiger partial charge in [0.1, 0.15) is 12.3 Å². The minimum atomic E-state index is -0.628. The zero-order chi connectivity index (χ0) is 22.6. The molecule has 0 aromatic heterocycles. The Morgan fingerprint density at radius 2 is 1.91 bits per heavy atom. The Balaban J connectivity index is 0. The minimum absolute atomic E-state index is 0. The molecule has 0 radical (unpaired) electrons. The number of halogens is 2. The summed E-state index contributed by atoms with van der Waals surface area (Å²) in [7, 11) is 1.82. The Kier molecular flexibility index (Phi) is 17.9. The second-order valence-electron chi connectivity index (χ2n) is 7.83. The number of guanidine groups is 1. The average molecular weight is 521 g/mol. The predicted octanol–water partition coefficient (Wildman–Crippen LogP) is -0.188. The Hall–Kier alpha value is -2.40. The van der Waals surface area contributed by atoms with E-state index in [-0.39, 0.29) is 54.0 Å². The maximum absolute atomic E-state index is 13.3. The number of nitrogens with one attached hydrogen (secondary N) is 2. The lowest BCUT2D eigenvalue weighted by Gasteiger charge is -2.29. The van der Waals surface area contributed by atoms with Gasteiger partial charge in [-0.3, -0.25) is 14.6 Å². The molecule has 10 nitrogen and oxygen atoms in total. The molecule has 34 heavy (non-hydrogen) atoms. The highest BCUT2D eigenvalue weighted by Crippen LogP contribution is 2.22. The van der Waals surface area contributed by atoms with E-state index in [0.29, 0.717) is 51.6 Å². The molecule has 1 aliphatic heterocycles. The van der Waals surface area contributed by atoms with Crippen LogP contribution in [0.15, 0.2) is 35.3 Å². The van der Waals surface area contributed by atoms with Crippen molar-refractivity contribution in [2.24, 2.45) is 22.4 Å². The second kappa shape index (κ2) is 18.0. The summed E-state index contributed by atoms with van der Waals surface area (Å²) in [6.45, 7) is 1.46. The van der Waals surface area contributed by atoms with Gasteiger partial charge in [0.2, 0.25) is 11.8 Å². The van der Waals surface area contributed by atoms with Crippen LogP contribution in [0.25, 0.3) is 0 Å². The maximum Gasteiger partial charge on any atom is 0.243 e. The number of aliphatic imine (C=N–C) groups is 1. The van der Waals surface area contributed by atoms with Crippen molar-refractivity contribution in [2.75, 3.05) is 26.7 Å². The lowest BCUT2D eigenvalue weighted by atomic mass is 9.97. The number of benzene rings is 1. The molecule has 1 heterocycles. The predicted molar refractivity (Wildman–Crippen MR) is 138 cm³/mol. The van der Waals surface area contributed by atoms with Crippen molar-refractivity contribution in [3.63, 3.8) is 0 Å². The number of rotatable bonds is 12. The molecule has 2 rings (SSSR count). The molecule has 0 bridgehead atoms. The molecule has 0 aliphatic carbocycles. The first-order valence-electron chi connectivity index (χ1n) is 10.8. The van der Waals surface area contributed by atoms with Gasteiger partial charge < -0.3 is 37.3 Å². The summed E-state index contributed by atoms with van der Waals surface area (Å²) < 4.78 is 0. The summed E-state index contributed by atoms with van der Waals surface area (Å²) >= 11 is 0. The van der Waals surface area contributed by atoms with Gasteiger partial charge in [-0.2, -0.15) is 0 Å². The van der Waals surface area contributed by atoms with Gasteiger partial charge in [-0.25, -0.2) is 0 Å². The monoisotopic (exact) mass is 520 g/mol. The lowest BCUT2D eigenvalue weighted by molar-refractivity contribution is -0.141. The molecule has 1 aromatic rings. The standard InChI is InChI=1S/C22H34N6O3.2ClH.H2O/c1-25-14-17(13-16-7-3-2-4-8-16)21(31)28-12-6-10-19(28)20(30)27-18(15-29)9-5-11-26-22(23)24;;;/h2-4,7-8,15,17-19,25H,5-6,9-14H2,1H3,(H,27,30)(H4,23,24,26);2*1H;1H2/t17?,18-,19-;;;/m0.../s1. The number of carbonyl (C=O) groups excluding carboxylic acids is 3. The minimum Gasteiger partial charge on any atom is -0.412 e. The van der Waals surface area contributed by atoms with E-state index in [1.54, 1.807) is 4.90 Å². The van der Waals surface area contributed by atoms with Crippen LogP contribution in [-0.2, 0) is 20.8 Å². The summed E-state index contributed by atoms with van der Waals surface area (Å²) in [4.78, 5) is 43.1. The van der Waals surface area contributed by atoms with Crippen LogP contribution < -0.4 is 22.1 Å². The quantitative estimate of drug-likeness (QED) is 0.128. The topological polar surface area (TPSA) is 174 Å². The van der Waals surface area contributed by atoms with E-state index in [4.69, 9.17) is 11.5 Å². The number of nitrogens with zero attached hydrogens (tertiary/aromatic N) is 2. The number of likely N-dealkylation sites (tertiary alicyclic amines) is 1. The van der Waals surface area contributed by atoms with Crippen molar-refractivity contribution in [1.29, 1.82) is 0 Å². The van der Waals surface area contributed by atoms with Gasteiger partial charge in [0.05, 0.1) is 12.0 Å². The van der Waals surface area contributed by atoms with Crippen molar-refractivity contribution >= 4 is 48.9 Å². The summed E-state index contributed by atoms with van der Waals surface area (Å²) in [5, 5.41) is 5.87. The van der Waals surface area contributed by atoms with Crippen LogP contribution in [0.4, 0.5) is 0 Å². The Morgan fingerprint density at radius 3 is 2.50 bits per heavy atom. The van der Waals surface area contributed by atoms with Gasteiger partial charge in [-0.05, 0) is 44.7 Å². The molecule has 0 spiro atoms. The average Bonchev–Trinajstić information content (AvgIpc) is 3.25. The zero-order valence-electron chi connectivity index (χ0n) is 19.4. The van der Waals surface area contributed by atoms with Crippen LogP contribution in [0.5, 0.6) is 0 Å². The van der Waals surface area contributed by atoms with Gasteiger partial charge in [-0.15, -0.1) is 24.8 Å². The van der Waals surface area contributed by atoms with E-state index in [9.17, 15) is 14.4 Å². The SMILES string of the molecule is CNCC(Cc1ccccc1)C(=O)N1CCC[C@H]1C(=O)N[C@H](C=O)CCCN=C(N)N.Cl.Cl.O. The van der Waals surface area contributed by atoms with Crippen LogP contribution >= 0.6 is 24.8 Å². The van der Waals surface area contributed by atoms with Crippen molar-refractivity contribution in [2.45, 2.75) is 44.2 Å². The van der Waals surface area contributed by atoms with Crippen LogP contribution in [0.1, 0.15) is 31.2 Å². The first-order chi connectivity index (χ1) is 15.0. The van der Waals surface area contributed by atoms with E-state index < -0.39 is 12.1 Å². The molecule has 1 saturated heterocycles. The number of hydrogen-bond donors (Lipinski definition) is 4. The Labute approximate surface area is 213 Å². The first-order valence-corrected chi connectivity index (χ1v) is 10.8. The molecule has 12 heteroatoms. The van der Waals surface area contributed by atoms with Crippen molar-refractivity contribution in [3.05, 3.63) is 35.9 Å². The molecule has 1 unspecified atom stereocenters. The number of nitrogens with two attached hydrogens (primary N) is 2. The Morgan fingerprint density at radius 1 is 1.24 bits per heavy atom. The molecule has 3 atom stereocenters. The molecule has 2 amide bonds. The van der Waals surface area contributed by atoms with Crippen molar-refractivity contribution < 1.29 is 19.9 Å². The van der Waals surface area contributed by atoms with E-state index in [1.165, 1.54) is 0 Å². The number of amides is 2. The molecular weight excluding hydrogens is 483 g/mol. The molecule has 8 N–H and O–H groups in total. The van der Waals surface area contributed by atoms with E-state index in [0.717, 1.165) is 12.0 Å². The van der Waals surface area contributed by atoms with Crippen LogP contribution in [-0.4, -0.2) is 73.2 Å². The lowest BCUT2D eigenvalue weighted by Crippen LogP contribution is -2.51. The fourth-order valence-corrected chi connectivity index (χ4v) is 3.90. The fraction of sp³-hybridized carbons (Fsp3) is 0.545. The molecule has 194 valence electrons. The number of aldehydes is 1.